The summed E-state index contributed by atoms with van der Waals surface area (Å²) in [6, 6.07) is 3.79. The predicted octanol–water partition coefficient (Wildman–Crippen LogP) is 2.56. The third kappa shape index (κ3) is 4.19. The molecule has 1 heterocycles. The molecular weight excluding hydrogens is 240 g/mol. The average Bonchev–Trinajstić information content (AvgIpc) is 2.46. The van der Waals surface area contributed by atoms with Gasteiger partial charge in [0.15, 0.2) is 5.69 Å². The maximum Gasteiger partial charge on any atom is 0.274 e. The van der Waals surface area contributed by atoms with E-state index in [9.17, 15) is 4.79 Å². The van der Waals surface area contributed by atoms with Crippen LogP contribution in [-0.2, 0) is 0 Å². The van der Waals surface area contributed by atoms with Gasteiger partial charge in [-0.2, -0.15) is 0 Å². The molecule has 106 valence electrons. The fourth-order valence-corrected chi connectivity index (χ4v) is 1.98. The van der Waals surface area contributed by atoms with Crippen LogP contribution in [0.25, 0.3) is 0 Å². The first-order valence-corrected chi connectivity index (χ1v) is 6.98. The topological polar surface area (TPSA) is 58.1 Å². The fourth-order valence-electron chi connectivity index (χ4n) is 1.98. The van der Waals surface area contributed by atoms with Gasteiger partial charge in [-0.3, -0.25) is 4.79 Å². The summed E-state index contributed by atoms with van der Waals surface area (Å²) in [5.41, 5.74) is 0.399. The van der Waals surface area contributed by atoms with Crippen molar-refractivity contribution >= 4 is 11.7 Å². The molecule has 0 saturated heterocycles. The van der Waals surface area contributed by atoms with Gasteiger partial charge in [-0.1, -0.05) is 20.8 Å². The molecule has 1 aromatic rings. The van der Waals surface area contributed by atoms with Crippen molar-refractivity contribution in [2.45, 2.75) is 46.1 Å². The van der Waals surface area contributed by atoms with Crippen molar-refractivity contribution in [3.63, 3.8) is 0 Å². The largest absolute Gasteiger partial charge is 0.369 e. The second-order valence-corrected chi connectivity index (χ2v) is 4.62. The maximum absolute atomic E-state index is 12.2. The molecule has 0 saturated carbocycles. The number of anilines is 1. The van der Waals surface area contributed by atoms with Gasteiger partial charge in [0.25, 0.3) is 5.91 Å². The minimum absolute atomic E-state index is 0.0664. The lowest BCUT2D eigenvalue weighted by Crippen LogP contribution is -2.36. The highest BCUT2D eigenvalue weighted by atomic mass is 16.2. The molecule has 1 N–H and O–H groups in total. The average molecular weight is 264 g/mol. The number of amides is 1. The number of hydrogen-bond acceptors (Lipinski definition) is 4. The van der Waals surface area contributed by atoms with Gasteiger partial charge in [0.1, 0.15) is 5.82 Å². The van der Waals surface area contributed by atoms with Crippen LogP contribution >= 0.6 is 0 Å². The van der Waals surface area contributed by atoms with E-state index < -0.39 is 0 Å². The van der Waals surface area contributed by atoms with Crippen molar-refractivity contribution in [2.24, 2.45) is 0 Å². The number of carbonyl (C=O) groups is 1. The fraction of sp³-hybridized carbons (Fsp3) is 0.643. The quantitative estimate of drug-likeness (QED) is 0.822. The Morgan fingerprint density at radius 1 is 1.26 bits per heavy atom. The van der Waals surface area contributed by atoms with Gasteiger partial charge >= 0.3 is 0 Å². The molecule has 0 atom stereocenters. The predicted molar refractivity (Wildman–Crippen MR) is 77.3 cm³/mol. The van der Waals surface area contributed by atoms with E-state index in [0.29, 0.717) is 11.5 Å². The number of hydrogen-bond donors (Lipinski definition) is 1. The normalized spacial score (nSPS) is 10.6. The van der Waals surface area contributed by atoms with Crippen LogP contribution in [0.2, 0.25) is 0 Å². The summed E-state index contributed by atoms with van der Waals surface area (Å²) in [6.07, 6.45) is 2.92. The Morgan fingerprint density at radius 2 is 1.95 bits per heavy atom. The summed E-state index contributed by atoms with van der Waals surface area (Å²) in [5.74, 6) is 0.645. The van der Waals surface area contributed by atoms with Crippen molar-refractivity contribution in [1.82, 2.24) is 15.1 Å². The molecule has 1 rings (SSSR count). The number of rotatable bonds is 7. The maximum atomic E-state index is 12.2. The molecule has 0 bridgehead atoms. The molecule has 0 fully saturated rings. The highest BCUT2D eigenvalue weighted by Gasteiger charge is 2.19. The zero-order valence-corrected chi connectivity index (χ0v) is 12.3. The summed E-state index contributed by atoms with van der Waals surface area (Å²) in [6.45, 7) is 7.11. The van der Waals surface area contributed by atoms with Crippen LogP contribution in [0.4, 0.5) is 5.82 Å². The van der Waals surface area contributed by atoms with Gasteiger partial charge in [0, 0.05) is 19.6 Å². The van der Waals surface area contributed by atoms with E-state index in [1.807, 2.05) is 7.05 Å². The van der Waals surface area contributed by atoms with Crippen LogP contribution in [0.3, 0.4) is 0 Å². The van der Waals surface area contributed by atoms with Gasteiger partial charge < -0.3 is 10.2 Å². The zero-order valence-electron chi connectivity index (χ0n) is 12.3. The second-order valence-electron chi connectivity index (χ2n) is 4.62. The van der Waals surface area contributed by atoms with Crippen molar-refractivity contribution in [3.8, 4) is 0 Å². The van der Waals surface area contributed by atoms with Crippen LogP contribution < -0.4 is 5.32 Å². The summed E-state index contributed by atoms with van der Waals surface area (Å²) in [4.78, 5) is 14.0. The lowest BCUT2D eigenvalue weighted by Gasteiger charge is -2.25. The van der Waals surface area contributed by atoms with Gasteiger partial charge in [-0.15, -0.1) is 10.2 Å². The van der Waals surface area contributed by atoms with Crippen LogP contribution in [-0.4, -0.2) is 40.6 Å². The minimum atomic E-state index is -0.0664. The van der Waals surface area contributed by atoms with Crippen LogP contribution in [0.1, 0.15) is 50.5 Å². The number of nitrogens with zero attached hydrogens (tertiary/aromatic N) is 3. The van der Waals surface area contributed by atoms with Gasteiger partial charge in [0.05, 0.1) is 0 Å². The molecule has 1 amide bonds. The highest BCUT2D eigenvalue weighted by Crippen LogP contribution is 2.10. The Labute approximate surface area is 115 Å². The van der Waals surface area contributed by atoms with E-state index in [1.54, 1.807) is 17.0 Å². The zero-order chi connectivity index (χ0) is 14.3. The van der Waals surface area contributed by atoms with Crippen LogP contribution in [0, 0.1) is 0 Å². The van der Waals surface area contributed by atoms with Crippen molar-refractivity contribution < 1.29 is 4.79 Å². The third-order valence-electron chi connectivity index (χ3n) is 3.25. The molecule has 0 radical (unpaired) electrons. The molecule has 0 unspecified atom stereocenters. The molecule has 0 aliphatic rings. The van der Waals surface area contributed by atoms with E-state index in [0.717, 1.165) is 25.8 Å². The van der Waals surface area contributed by atoms with E-state index >= 15 is 0 Å². The Balaban J connectivity index is 2.71. The first kappa shape index (κ1) is 15.4. The Morgan fingerprint density at radius 3 is 2.42 bits per heavy atom. The molecule has 5 heteroatoms. The molecule has 0 aromatic carbocycles. The van der Waals surface area contributed by atoms with Crippen molar-refractivity contribution in [3.05, 3.63) is 17.8 Å². The lowest BCUT2D eigenvalue weighted by molar-refractivity contribution is 0.0716. The molecule has 19 heavy (non-hydrogen) atoms. The molecular formula is C14H24N4O. The van der Waals surface area contributed by atoms with Gasteiger partial charge in [-0.05, 0) is 31.4 Å². The summed E-state index contributed by atoms with van der Waals surface area (Å²) in [7, 11) is 1.82. The molecule has 0 aliphatic heterocycles. The smallest absolute Gasteiger partial charge is 0.274 e. The van der Waals surface area contributed by atoms with E-state index in [1.165, 1.54) is 0 Å². The SMILES string of the molecule is CCCNc1ccc(C(=O)N(C)C(CC)CC)nn1. The summed E-state index contributed by atoms with van der Waals surface area (Å²) in [5, 5.41) is 11.2. The number of carbonyl (C=O) groups excluding carboxylic acids is 1. The third-order valence-corrected chi connectivity index (χ3v) is 3.25. The second kappa shape index (κ2) is 7.71. The highest BCUT2D eigenvalue weighted by molar-refractivity contribution is 5.92. The first-order valence-electron chi connectivity index (χ1n) is 6.98. The molecule has 0 aliphatic carbocycles. The molecule has 0 spiro atoms. The van der Waals surface area contributed by atoms with Gasteiger partial charge in [-0.25, -0.2) is 0 Å². The monoisotopic (exact) mass is 264 g/mol. The minimum Gasteiger partial charge on any atom is -0.369 e. The number of aromatic nitrogens is 2. The van der Waals surface area contributed by atoms with Crippen molar-refractivity contribution in [1.29, 1.82) is 0 Å². The van der Waals surface area contributed by atoms with E-state index in [4.69, 9.17) is 0 Å². The van der Waals surface area contributed by atoms with Crippen LogP contribution in [0.15, 0.2) is 12.1 Å². The Bertz CT molecular complexity index is 387. The van der Waals surface area contributed by atoms with Crippen molar-refractivity contribution in [2.75, 3.05) is 18.9 Å². The number of nitrogens with one attached hydrogen (secondary N) is 1. The Kier molecular flexibility index (Phi) is 6.25. The van der Waals surface area contributed by atoms with Gasteiger partial charge in [0.2, 0.25) is 0 Å². The standard InChI is InChI=1S/C14H24N4O/c1-5-10-15-13-9-8-12(16-17-13)14(19)18(4)11(6-2)7-3/h8-9,11H,5-7,10H2,1-4H3,(H,15,17). The van der Waals surface area contributed by atoms with Crippen LogP contribution in [0.5, 0.6) is 0 Å². The molecule has 1 aromatic heterocycles. The van der Waals surface area contributed by atoms with E-state index in [-0.39, 0.29) is 11.9 Å². The first-order chi connectivity index (χ1) is 9.13. The lowest BCUT2D eigenvalue weighted by atomic mass is 10.1. The summed E-state index contributed by atoms with van der Waals surface area (Å²) >= 11 is 0. The van der Waals surface area contributed by atoms with E-state index in [2.05, 4.69) is 36.3 Å². The molecule has 5 nitrogen and oxygen atoms in total. The summed E-state index contributed by atoms with van der Waals surface area (Å²) < 4.78 is 0. The Hall–Kier alpha value is -1.65.